The SMILES string of the molecule is Cn1ncc(I)c1C(=O)Nc1cnn(COCC(F)(F)F)c1. The molecule has 0 unspecified atom stereocenters. The van der Waals surface area contributed by atoms with Crippen LogP contribution in [0.4, 0.5) is 18.9 Å². The predicted molar refractivity (Wildman–Crippen MR) is 78.1 cm³/mol. The number of aryl methyl sites for hydroxylation is 1. The molecule has 1 N–H and O–H groups in total. The number of halogens is 4. The van der Waals surface area contributed by atoms with Crippen molar-refractivity contribution < 1.29 is 22.7 Å². The van der Waals surface area contributed by atoms with Gasteiger partial charge in [0.2, 0.25) is 0 Å². The summed E-state index contributed by atoms with van der Waals surface area (Å²) >= 11 is 1.98. The summed E-state index contributed by atoms with van der Waals surface area (Å²) in [7, 11) is 1.63. The van der Waals surface area contributed by atoms with Gasteiger partial charge in [-0.15, -0.1) is 0 Å². The Morgan fingerprint density at radius 1 is 1.41 bits per heavy atom. The standard InChI is InChI=1S/C11H11F3IN5O2/c1-19-9(8(15)3-16-19)10(21)18-7-2-17-20(4-7)6-22-5-11(12,13)14/h2-4H,5-6H2,1H3,(H,18,21). The molecule has 2 aromatic rings. The van der Waals surface area contributed by atoms with Crippen LogP contribution in [0.2, 0.25) is 0 Å². The van der Waals surface area contributed by atoms with Crippen molar-refractivity contribution in [1.82, 2.24) is 19.6 Å². The number of hydrogen-bond acceptors (Lipinski definition) is 4. The van der Waals surface area contributed by atoms with E-state index >= 15 is 0 Å². The predicted octanol–water partition coefficient (Wildman–Crippen LogP) is 2.01. The molecular weight excluding hydrogens is 418 g/mol. The summed E-state index contributed by atoms with van der Waals surface area (Å²) in [5, 5.41) is 10.3. The summed E-state index contributed by atoms with van der Waals surface area (Å²) in [6.07, 6.45) is -0.153. The topological polar surface area (TPSA) is 74.0 Å². The van der Waals surface area contributed by atoms with Crippen molar-refractivity contribution in [2.24, 2.45) is 7.05 Å². The quantitative estimate of drug-likeness (QED) is 0.739. The molecule has 0 spiro atoms. The fourth-order valence-electron chi connectivity index (χ4n) is 1.61. The van der Waals surface area contributed by atoms with Crippen LogP contribution in [0.3, 0.4) is 0 Å². The summed E-state index contributed by atoms with van der Waals surface area (Å²) in [5.41, 5.74) is 0.722. The molecule has 2 rings (SSSR count). The van der Waals surface area contributed by atoms with Gasteiger partial charge in [0.25, 0.3) is 5.91 Å². The van der Waals surface area contributed by atoms with Crippen molar-refractivity contribution in [1.29, 1.82) is 0 Å². The molecule has 0 fully saturated rings. The van der Waals surface area contributed by atoms with Gasteiger partial charge in [-0.2, -0.15) is 23.4 Å². The maximum atomic E-state index is 12.1. The van der Waals surface area contributed by atoms with Gasteiger partial charge in [0, 0.05) is 7.05 Å². The van der Waals surface area contributed by atoms with Gasteiger partial charge in [0.15, 0.2) is 0 Å². The molecular formula is C11H11F3IN5O2. The number of ether oxygens (including phenoxy) is 1. The van der Waals surface area contributed by atoms with Gasteiger partial charge in [0.1, 0.15) is 19.0 Å². The molecule has 0 aliphatic rings. The fraction of sp³-hybridized carbons (Fsp3) is 0.364. The van der Waals surface area contributed by atoms with E-state index < -0.39 is 12.8 Å². The molecule has 11 heteroatoms. The first-order valence-corrected chi connectivity index (χ1v) is 7.00. The lowest BCUT2D eigenvalue weighted by atomic mass is 10.4. The van der Waals surface area contributed by atoms with Crippen molar-refractivity contribution in [2.45, 2.75) is 12.9 Å². The van der Waals surface area contributed by atoms with Crippen molar-refractivity contribution in [3.8, 4) is 0 Å². The highest BCUT2D eigenvalue weighted by atomic mass is 127. The van der Waals surface area contributed by atoms with Crippen LogP contribution in [0.5, 0.6) is 0 Å². The van der Waals surface area contributed by atoms with E-state index in [0.717, 1.165) is 4.68 Å². The van der Waals surface area contributed by atoms with Crippen molar-refractivity contribution in [2.75, 3.05) is 11.9 Å². The second-order valence-electron chi connectivity index (χ2n) is 4.28. The van der Waals surface area contributed by atoms with Crippen molar-refractivity contribution in [3.05, 3.63) is 27.9 Å². The first kappa shape index (κ1) is 16.7. The molecule has 0 bridgehead atoms. The minimum atomic E-state index is -4.39. The zero-order chi connectivity index (χ0) is 16.3. The van der Waals surface area contributed by atoms with Gasteiger partial charge in [0.05, 0.1) is 27.8 Å². The van der Waals surface area contributed by atoms with Crippen LogP contribution in [-0.2, 0) is 18.5 Å². The van der Waals surface area contributed by atoms with Crippen LogP contribution < -0.4 is 5.32 Å². The largest absolute Gasteiger partial charge is 0.411 e. The number of hydrogen-bond donors (Lipinski definition) is 1. The Hall–Kier alpha value is -1.63. The van der Waals surface area contributed by atoms with E-state index in [9.17, 15) is 18.0 Å². The third-order valence-electron chi connectivity index (χ3n) is 2.49. The number of carbonyl (C=O) groups is 1. The maximum absolute atomic E-state index is 12.1. The molecule has 0 radical (unpaired) electrons. The average molecular weight is 429 g/mol. The Morgan fingerprint density at radius 2 is 2.14 bits per heavy atom. The Morgan fingerprint density at radius 3 is 2.73 bits per heavy atom. The molecule has 1 amide bonds. The van der Waals surface area contributed by atoms with E-state index in [0.29, 0.717) is 15.0 Å². The van der Waals surface area contributed by atoms with Gasteiger partial charge in [-0.25, -0.2) is 4.68 Å². The first-order chi connectivity index (χ1) is 10.3. The molecule has 2 heterocycles. The van der Waals surface area contributed by atoms with E-state index in [2.05, 4.69) is 20.3 Å². The monoisotopic (exact) mass is 429 g/mol. The summed E-state index contributed by atoms with van der Waals surface area (Å²) < 4.78 is 43.6. The molecule has 0 aromatic carbocycles. The maximum Gasteiger partial charge on any atom is 0.411 e. The number of alkyl halides is 3. The average Bonchev–Trinajstić information content (AvgIpc) is 2.95. The summed E-state index contributed by atoms with van der Waals surface area (Å²) in [4.78, 5) is 12.1. The van der Waals surface area contributed by atoms with Crippen molar-refractivity contribution >= 4 is 34.2 Å². The summed E-state index contributed by atoms with van der Waals surface area (Å²) in [6, 6.07) is 0. The minimum Gasteiger partial charge on any atom is -0.350 e. The van der Waals surface area contributed by atoms with Gasteiger partial charge in [-0.3, -0.25) is 9.48 Å². The third kappa shape index (κ3) is 4.43. The summed E-state index contributed by atoms with van der Waals surface area (Å²) in [6.45, 7) is -1.72. The second-order valence-corrected chi connectivity index (χ2v) is 5.44. The van der Waals surface area contributed by atoms with E-state index in [4.69, 9.17) is 0 Å². The molecule has 0 aliphatic carbocycles. The number of anilines is 1. The Bertz CT molecular complexity index is 647. The van der Waals surface area contributed by atoms with E-state index in [1.807, 2.05) is 22.6 Å². The first-order valence-electron chi connectivity index (χ1n) is 5.92. The minimum absolute atomic E-state index is 0.345. The smallest absolute Gasteiger partial charge is 0.350 e. The number of nitrogens with one attached hydrogen (secondary N) is 1. The Balaban J connectivity index is 1.93. The highest BCUT2D eigenvalue weighted by Crippen LogP contribution is 2.16. The third-order valence-corrected chi connectivity index (χ3v) is 3.28. The van der Waals surface area contributed by atoms with Crippen molar-refractivity contribution in [3.63, 3.8) is 0 Å². The number of aromatic nitrogens is 4. The normalized spacial score (nSPS) is 11.7. The van der Waals surface area contributed by atoms with E-state index in [-0.39, 0.29) is 12.6 Å². The molecule has 7 nitrogen and oxygen atoms in total. The summed E-state index contributed by atoms with van der Waals surface area (Å²) in [5.74, 6) is -0.389. The van der Waals surface area contributed by atoms with Gasteiger partial charge >= 0.3 is 6.18 Å². The Kier molecular flexibility index (Phi) is 5.05. The second kappa shape index (κ2) is 6.64. The van der Waals surface area contributed by atoms with Crippen LogP contribution >= 0.6 is 22.6 Å². The Labute approximate surface area is 136 Å². The molecule has 0 saturated carbocycles. The van der Waals surface area contributed by atoms with E-state index in [1.165, 1.54) is 17.1 Å². The highest BCUT2D eigenvalue weighted by Gasteiger charge is 2.27. The fourth-order valence-corrected chi connectivity index (χ4v) is 2.33. The zero-order valence-electron chi connectivity index (χ0n) is 11.3. The van der Waals surface area contributed by atoms with Gasteiger partial charge < -0.3 is 10.1 Å². The number of amides is 1. The number of carbonyl (C=O) groups excluding carboxylic acids is 1. The van der Waals surface area contributed by atoms with E-state index in [1.54, 1.807) is 13.2 Å². The lowest BCUT2D eigenvalue weighted by Gasteiger charge is -2.07. The molecule has 2 aromatic heterocycles. The van der Waals surface area contributed by atoms with Crippen LogP contribution in [0.25, 0.3) is 0 Å². The van der Waals surface area contributed by atoms with Gasteiger partial charge in [-0.05, 0) is 22.6 Å². The molecule has 0 aliphatic heterocycles. The van der Waals surface area contributed by atoms with Crippen LogP contribution in [0.15, 0.2) is 18.6 Å². The molecule has 0 saturated heterocycles. The molecule has 22 heavy (non-hydrogen) atoms. The highest BCUT2D eigenvalue weighted by molar-refractivity contribution is 14.1. The lowest BCUT2D eigenvalue weighted by Crippen LogP contribution is -2.18. The molecule has 120 valence electrons. The van der Waals surface area contributed by atoms with Gasteiger partial charge in [-0.1, -0.05) is 0 Å². The lowest BCUT2D eigenvalue weighted by molar-refractivity contribution is -0.182. The zero-order valence-corrected chi connectivity index (χ0v) is 13.4. The number of nitrogens with zero attached hydrogens (tertiary/aromatic N) is 4. The molecule has 0 atom stereocenters. The van der Waals surface area contributed by atoms with Crippen LogP contribution in [0.1, 0.15) is 10.5 Å². The number of rotatable bonds is 5. The van der Waals surface area contributed by atoms with Crippen LogP contribution in [0, 0.1) is 3.57 Å². The van der Waals surface area contributed by atoms with Crippen LogP contribution in [-0.4, -0.2) is 38.3 Å².